The van der Waals surface area contributed by atoms with Crippen molar-refractivity contribution in [3.8, 4) is 0 Å². The number of hydrogen-bond acceptors (Lipinski definition) is 4. The Balaban J connectivity index is 2.28. The molecule has 1 saturated heterocycles. The van der Waals surface area contributed by atoms with Gasteiger partial charge in [0.25, 0.3) is 0 Å². The molecule has 7 heteroatoms. The highest BCUT2D eigenvalue weighted by molar-refractivity contribution is 5.67. The molecule has 0 amide bonds. The highest BCUT2D eigenvalue weighted by Gasteiger charge is 2.33. The zero-order valence-corrected chi connectivity index (χ0v) is 10.3. The molecule has 1 atom stereocenters. The van der Waals surface area contributed by atoms with Crippen LogP contribution in [0.3, 0.4) is 0 Å². The number of pyridine rings is 1. The summed E-state index contributed by atoms with van der Waals surface area (Å²) in [6, 6.07) is 0.981. The third kappa shape index (κ3) is 3.09. The second kappa shape index (κ2) is 5.24. The minimum Gasteiger partial charge on any atom is -0.396 e. The average molecular weight is 275 g/mol. The van der Waals surface area contributed by atoms with E-state index in [9.17, 15) is 13.2 Å². The van der Waals surface area contributed by atoms with Crippen molar-refractivity contribution in [2.24, 2.45) is 5.92 Å². The molecule has 2 rings (SSSR count). The Hall–Kier alpha value is -1.50. The fourth-order valence-electron chi connectivity index (χ4n) is 2.32. The van der Waals surface area contributed by atoms with Crippen LogP contribution in [0.1, 0.15) is 18.5 Å². The van der Waals surface area contributed by atoms with Gasteiger partial charge in [0.2, 0.25) is 0 Å². The van der Waals surface area contributed by atoms with Crippen LogP contribution in [0.25, 0.3) is 0 Å². The standard InChI is InChI=1S/C12H16F3N3O/c13-12(14,15)11-4-10(9(16)5-17-11)18-3-1-2-8(6-18)7-19/h4-5,8,19H,1-3,6-7,16H2. The lowest BCUT2D eigenvalue weighted by atomic mass is 9.98. The largest absolute Gasteiger partial charge is 0.433 e. The van der Waals surface area contributed by atoms with E-state index in [1.54, 1.807) is 4.90 Å². The van der Waals surface area contributed by atoms with Gasteiger partial charge in [-0.1, -0.05) is 0 Å². The number of alkyl halides is 3. The van der Waals surface area contributed by atoms with Crippen molar-refractivity contribution in [3.05, 3.63) is 18.0 Å². The van der Waals surface area contributed by atoms with Gasteiger partial charge in [-0.25, -0.2) is 4.98 Å². The Morgan fingerprint density at radius 1 is 1.47 bits per heavy atom. The number of rotatable bonds is 2. The highest BCUT2D eigenvalue weighted by Crippen LogP contribution is 2.34. The number of nitrogen functional groups attached to an aromatic ring is 1. The summed E-state index contributed by atoms with van der Waals surface area (Å²) in [5, 5.41) is 9.16. The van der Waals surface area contributed by atoms with Crippen LogP contribution in [0, 0.1) is 5.92 Å². The first-order chi connectivity index (χ1) is 8.91. The Morgan fingerprint density at radius 2 is 2.21 bits per heavy atom. The molecule has 0 saturated carbocycles. The summed E-state index contributed by atoms with van der Waals surface area (Å²) < 4.78 is 37.9. The van der Waals surface area contributed by atoms with E-state index in [1.807, 2.05) is 0 Å². The van der Waals surface area contributed by atoms with Gasteiger partial charge >= 0.3 is 6.18 Å². The third-order valence-corrected chi connectivity index (χ3v) is 3.32. The van der Waals surface area contributed by atoms with Gasteiger partial charge in [0, 0.05) is 19.7 Å². The molecule has 1 aliphatic heterocycles. The second-order valence-electron chi connectivity index (χ2n) is 4.76. The van der Waals surface area contributed by atoms with E-state index in [2.05, 4.69) is 4.98 Å². The minimum atomic E-state index is -4.48. The molecular formula is C12H16F3N3O. The van der Waals surface area contributed by atoms with Gasteiger partial charge in [0.15, 0.2) is 0 Å². The fourth-order valence-corrected chi connectivity index (χ4v) is 2.32. The molecular weight excluding hydrogens is 259 g/mol. The van der Waals surface area contributed by atoms with Crippen LogP contribution in [0.15, 0.2) is 12.3 Å². The van der Waals surface area contributed by atoms with E-state index in [0.717, 1.165) is 25.1 Å². The van der Waals surface area contributed by atoms with Crippen LogP contribution in [0.2, 0.25) is 0 Å². The number of aliphatic hydroxyl groups is 1. The van der Waals surface area contributed by atoms with E-state index < -0.39 is 11.9 Å². The zero-order chi connectivity index (χ0) is 14.0. The monoisotopic (exact) mass is 275 g/mol. The average Bonchev–Trinajstić information content (AvgIpc) is 2.38. The van der Waals surface area contributed by atoms with Crippen molar-refractivity contribution in [1.29, 1.82) is 0 Å². The fraction of sp³-hybridized carbons (Fsp3) is 0.583. The summed E-state index contributed by atoms with van der Waals surface area (Å²) in [7, 11) is 0. The quantitative estimate of drug-likeness (QED) is 0.865. The first-order valence-electron chi connectivity index (χ1n) is 6.10. The summed E-state index contributed by atoms with van der Waals surface area (Å²) in [5.74, 6) is 0.0793. The first kappa shape index (κ1) is 13.9. The number of anilines is 2. The maximum absolute atomic E-state index is 12.6. The molecule has 2 heterocycles. The summed E-state index contributed by atoms with van der Waals surface area (Å²) in [5.41, 5.74) is 5.35. The van der Waals surface area contributed by atoms with Gasteiger partial charge in [-0.15, -0.1) is 0 Å². The molecule has 1 fully saturated rings. The van der Waals surface area contributed by atoms with E-state index in [-0.39, 0.29) is 18.2 Å². The highest BCUT2D eigenvalue weighted by atomic mass is 19.4. The van der Waals surface area contributed by atoms with Crippen LogP contribution in [0.5, 0.6) is 0 Å². The number of aromatic nitrogens is 1. The van der Waals surface area contributed by atoms with E-state index in [1.165, 1.54) is 0 Å². The van der Waals surface area contributed by atoms with E-state index in [0.29, 0.717) is 18.8 Å². The summed E-state index contributed by atoms with van der Waals surface area (Å²) in [6.07, 6.45) is -1.73. The number of nitrogens with zero attached hydrogens (tertiary/aromatic N) is 2. The summed E-state index contributed by atoms with van der Waals surface area (Å²) in [6.45, 7) is 1.19. The van der Waals surface area contributed by atoms with Crippen LogP contribution in [-0.2, 0) is 6.18 Å². The van der Waals surface area contributed by atoms with Crippen molar-refractivity contribution in [3.63, 3.8) is 0 Å². The second-order valence-corrected chi connectivity index (χ2v) is 4.76. The van der Waals surface area contributed by atoms with Gasteiger partial charge in [-0.2, -0.15) is 13.2 Å². The summed E-state index contributed by atoms with van der Waals surface area (Å²) in [4.78, 5) is 5.11. The maximum Gasteiger partial charge on any atom is 0.433 e. The Bertz CT molecular complexity index is 450. The molecule has 1 unspecified atom stereocenters. The molecule has 19 heavy (non-hydrogen) atoms. The van der Waals surface area contributed by atoms with Gasteiger partial charge in [0.05, 0.1) is 17.6 Å². The van der Waals surface area contributed by atoms with Gasteiger partial charge in [0.1, 0.15) is 5.69 Å². The molecule has 106 valence electrons. The Labute approximate surface area is 109 Å². The smallest absolute Gasteiger partial charge is 0.396 e. The summed E-state index contributed by atoms with van der Waals surface area (Å²) >= 11 is 0. The molecule has 0 aromatic carbocycles. The van der Waals surface area contributed by atoms with E-state index in [4.69, 9.17) is 10.8 Å². The molecule has 0 radical (unpaired) electrons. The number of aliphatic hydroxyl groups excluding tert-OH is 1. The SMILES string of the molecule is Nc1cnc(C(F)(F)F)cc1N1CCCC(CO)C1. The van der Waals surface area contributed by atoms with Crippen LogP contribution >= 0.6 is 0 Å². The number of piperidine rings is 1. The van der Waals surface area contributed by atoms with Crippen molar-refractivity contribution in [2.45, 2.75) is 19.0 Å². The van der Waals surface area contributed by atoms with Gasteiger partial charge in [-0.05, 0) is 24.8 Å². The van der Waals surface area contributed by atoms with Crippen molar-refractivity contribution < 1.29 is 18.3 Å². The minimum absolute atomic E-state index is 0.0353. The predicted octanol–water partition coefficient (Wildman–Crippen LogP) is 1.89. The van der Waals surface area contributed by atoms with Crippen LogP contribution in [-0.4, -0.2) is 29.8 Å². The Morgan fingerprint density at radius 3 is 2.84 bits per heavy atom. The molecule has 4 nitrogen and oxygen atoms in total. The lowest BCUT2D eigenvalue weighted by Crippen LogP contribution is -2.37. The van der Waals surface area contributed by atoms with Crippen LogP contribution < -0.4 is 10.6 Å². The van der Waals surface area contributed by atoms with Gasteiger partial charge < -0.3 is 15.7 Å². The molecule has 0 bridgehead atoms. The third-order valence-electron chi connectivity index (χ3n) is 3.32. The van der Waals surface area contributed by atoms with Crippen molar-refractivity contribution in [2.75, 3.05) is 30.3 Å². The first-order valence-corrected chi connectivity index (χ1v) is 6.10. The van der Waals surface area contributed by atoms with E-state index >= 15 is 0 Å². The molecule has 1 aromatic heterocycles. The zero-order valence-electron chi connectivity index (χ0n) is 10.3. The van der Waals surface area contributed by atoms with Crippen molar-refractivity contribution in [1.82, 2.24) is 4.98 Å². The van der Waals surface area contributed by atoms with Crippen molar-refractivity contribution >= 4 is 11.4 Å². The molecule has 0 aliphatic carbocycles. The topological polar surface area (TPSA) is 62.4 Å². The lowest BCUT2D eigenvalue weighted by Gasteiger charge is -2.34. The molecule has 3 N–H and O–H groups in total. The number of hydrogen-bond donors (Lipinski definition) is 2. The molecule has 1 aliphatic rings. The number of halogens is 3. The van der Waals surface area contributed by atoms with Gasteiger partial charge in [-0.3, -0.25) is 0 Å². The normalized spacial score (nSPS) is 20.6. The lowest BCUT2D eigenvalue weighted by molar-refractivity contribution is -0.141. The molecule has 0 spiro atoms. The van der Waals surface area contributed by atoms with Crippen LogP contribution in [0.4, 0.5) is 24.5 Å². The molecule has 1 aromatic rings. The predicted molar refractivity (Wildman–Crippen MR) is 65.7 cm³/mol. The maximum atomic E-state index is 12.6. The Kier molecular flexibility index (Phi) is 3.84. The number of nitrogens with two attached hydrogens (primary N) is 1.